The molecule has 0 aromatic rings. The van der Waals surface area contributed by atoms with Gasteiger partial charge < -0.3 is 20.1 Å². The average molecular weight is 529 g/mol. The van der Waals surface area contributed by atoms with Crippen LogP contribution in [-0.2, 0) is 19.1 Å². The zero-order valence-corrected chi connectivity index (χ0v) is 27.6. The Morgan fingerprint density at radius 1 is 0.730 bits per heavy atom. The van der Waals surface area contributed by atoms with Gasteiger partial charge in [-0.15, -0.1) is 0 Å². The van der Waals surface area contributed by atoms with Gasteiger partial charge in [-0.05, 0) is 70.6 Å². The van der Waals surface area contributed by atoms with E-state index in [4.69, 9.17) is 9.47 Å². The van der Waals surface area contributed by atoms with E-state index in [1.807, 2.05) is 41.5 Å². The topological polar surface area (TPSA) is 76.7 Å². The highest BCUT2D eigenvalue weighted by Crippen LogP contribution is 2.35. The number of hydrogen-bond donors (Lipinski definition) is 2. The minimum Gasteiger partial charge on any atom is -0.378 e. The third-order valence-electron chi connectivity index (χ3n) is 8.03. The molecule has 0 spiro atoms. The first kappa shape index (κ1) is 38.0. The molecule has 0 aliphatic carbocycles. The number of carbonyl (C=O) groups excluding carboxylic acids is 2. The summed E-state index contributed by atoms with van der Waals surface area (Å²) in [4.78, 5) is 25.5. The molecule has 2 N–H and O–H groups in total. The summed E-state index contributed by atoms with van der Waals surface area (Å²) in [6.45, 7) is 36.6. The maximum absolute atomic E-state index is 12.8. The zero-order chi connectivity index (χ0) is 30.0. The van der Waals surface area contributed by atoms with Crippen LogP contribution in [0.4, 0.5) is 0 Å². The van der Waals surface area contributed by atoms with Crippen LogP contribution in [0.3, 0.4) is 0 Å². The Labute approximate surface area is 230 Å². The Morgan fingerprint density at radius 3 is 1.65 bits per heavy atom. The van der Waals surface area contributed by atoms with Crippen molar-refractivity contribution < 1.29 is 19.1 Å². The van der Waals surface area contributed by atoms with E-state index in [1.165, 1.54) is 0 Å². The van der Waals surface area contributed by atoms with Crippen molar-refractivity contribution in [3.05, 3.63) is 0 Å². The van der Waals surface area contributed by atoms with Crippen molar-refractivity contribution in [3.8, 4) is 0 Å². The summed E-state index contributed by atoms with van der Waals surface area (Å²) in [5, 5.41) is 5.83. The molecule has 6 nitrogen and oxygen atoms in total. The van der Waals surface area contributed by atoms with Crippen molar-refractivity contribution >= 4 is 11.8 Å². The molecule has 4 unspecified atom stereocenters. The molecule has 0 fully saturated rings. The third-order valence-corrected chi connectivity index (χ3v) is 8.03. The number of rotatable bonds is 13. The molecule has 37 heavy (non-hydrogen) atoms. The highest BCUT2D eigenvalue weighted by atomic mass is 16.5. The summed E-state index contributed by atoms with van der Waals surface area (Å²) in [6, 6.07) is -0.209. The van der Waals surface area contributed by atoms with Gasteiger partial charge in [0.2, 0.25) is 0 Å². The monoisotopic (exact) mass is 528 g/mol. The van der Waals surface area contributed by atoms with Crippen LogP contribution in [0.2, 0.25) is 0 Å². The van der Waals surface area contributed by atoms with Gasteiger partial charge in [-0.1, -0.05) is 76.2 Å². The molecule has 0 aliphatic heterocycles. The molecule has 222 valence electrons. The van der Waals surface area contributed by atoms with E-state index in [-0.39, 0.29) is 34.5 Å². The lowest BCUT2D eigenvalue weighted by Crippen LogP contribution is -2.56. The van der Waals surface area contributed by atoms with E-state index in [1.54, 1.807) is 0 Å². The van der Waals surface area contributed by atoms with Crippen LogP contribution < -0.4 is 10.6 Å². The number of amides is 2. The number of nitrogens with one attached hydrogen (secondary N) is 2. The fraction of sp³-hybridized carbons (Fsp3) is 0.935. The number of hydrogen-bond acceptors (Lipinski definition) is 4. The number of carbonyl (C=O) groups is 2. The molecule has 0 aromatic carbocycles. The molecule has 0 heterocycles. The van der Waals surface area contributed by atoms with Crippen LogP contribution in [0.5, 0.6) is 0 Å². The molecule has 0 saturated heterocycles. The van der Waals surface area contributed by atoms with Crippen LogP contribution in [-0.4, -0.2) is 48.3 Å². The fourth-order valence-electron chi connectivity index (χ4n) is 3.53. The van der Waals surface area contributed by atoms with Crippen molar-refractivity contribution in [1.82, 2.24) is 10.6 Å². The second-order valence-corrected chi connectivity index (χ2v) is 14.1. The van der Waals surface area contributed by atoms with Crippen LogP contribution in [0.15, 0.2) is 0 Å². The van der Waals surface area contributed by atoms with Gasteiger partial charge in [0, 0.05) is 17.5 Å². The van der Waals surface area contributed by atoms with Gasteiger partial charge in [0.25, 0.3) is 0 Å². The minimum atomic E-state index is -0.615. The lowest BCUT2D eigenvalue weighted by molar-refractivity contribution is -0.142. The Kier molecular flexibility index (Phi) is 15.9. The first-order chi connectivity index (χ1) is 16.5. The normalized spacial score (nSPS) is 16.3. The molecule has 0 bridgehead atoms. The van der Waals surface area contributed by atoms with E-state index >= 15 is 0 Å². The van der Waals surface area contributed by atoms with E-state index in [2.05, 4.69) is 86.8 Å². The molecule has 0 radical (unpaired) electrons. The fourth-order valence-corrected chi connectivity index (χ4v) is 3.53. The van der Waals surface area contributed by atoms with Gasteiger partial charge >= 0.3 is 11.8 Å². The quantitative estimate of drug-likeness (QED) is 0.252. The van der Waals surface area contributed by atoms with Crippen molar-refractivity contribution in [1.29, 1.82) is 0 Å². The zero-order valence-electron chi connectivity index (χ0n) is 27.6. The maximum Gasteiger partial charge on any atom is 0.309 e. The summed E-state index contributed by atoms with van der Waals surface area (Å²) in [5.41, 5.74) is -1.02. The first-order valence-electron chi connectivity index (χ1n) is 14.4. The highest BCUT2D eigenvalue weighted by Gasteiger charge is 2.37. The largest absolute Gasteiger partial charge is 0.378 e. The molecule has 4 atom stereocenters. The SMILES string of the molecule is CC.CC(C)C(C)OCC(C)C(C)(C)NC(=O)C(=O)NC(C)C(C)(C)CC(C)(C)OCC(C)C(C)(C)C. The van der Waals surface area contributed by atoms with Crippen LogP contribution in [0.1, 0.15) is 124 Å². The van der Waals surface area contributed by atoms with E-state index in [9.17, 15) is 9.59 Å². The molecule has 0 aromatic heterocycles. The van der Waals surface area contributed by atoms with Crippen molar-refractivity contribution in [2.24, 2.45) is 28.6 Å². The predicted octanol–water partition coefficient (Wildman–Crippen LogP) is 7.00. The summed E-state index contributed by atoms with van der Waals surface area (Å²) < 4.78 is 12.2. The average Bonchev–Trinajstić information content (AvgIpc) is 2.74. The van der Waals surface area contributed by atoms with E-state index in [0.29, 0.717) is 25.0 Å². The van der Waals surface area contributed by atoms with Gasteiger partial charge in [0.05, 0.1) is 24.9 Å². The summed E-state index contributed by atoms with van der Waals surface area (Å²) in [7, 11) is 0. The standard InChI is InChI=1S/C29H58N2O4.C2H6/c1-19(2)22(5)34-16-21(4)29(14,15)31-25(33)24(32)30-23(6)27(10,11)18-28(12,13)35-17-20(3)26(7,8)9;1-2/h19-23H,16-18H2,1-15H3,(H,30,32)(H,31,33);1-2H3. The predicted molar refractivity (Wildman–Crippen MR) is 158 cm³/mol. The molecule has 2 amide bonds. The smallest absolute Gasteiger partial charge is 0.309 e. The van der Waals surface area contributed by atoms with Crippen LogP contribution in [0.25, 0.3) is 0 Å². The molecule has 6 heteroatoms. The Morgan fingerprint density at radius 2 is 1.22 bits per heavy atom. The molecule has 0 saturated carbocycles. The van der Waals surface area contributed by atoms with Crippen LogP contribution in [0, 0.1) is 28.6 Å². The molecular formula is C31H64N2O4. The third kappa shape index (κ3) is 14.6. The van der Waals surface area contributed by atoms with Crippen molar-refractivity contribution in [3.63, 3.8) is 0 Å². The Bertz CT molecular complexity index is 677. The highest BCUT2D eigenvalue weighted by molar-refractivity contribution is 6.35. The van der Waals surface area contributed by atoms with Gasteiger partial charge in [0.15, 0.2) is 0 Å². The second-order valence-electron chi connectivity index (χ2n) is 14.1. The van der Waals surface area contributed by atoms with E-state index in [0.717, 1.165) is 6.42 Å². The lowest BCUT2D eigenvalue weighted by atomic mass is 9.76. The van der Waals surface area contributed by atoms with Gasteiger partial charge in [-0.2, -0.15) is 0 Å². The summed E-state index contributed by atoms with van der Waals surface area (Å²) in [5.74, 6) is -0.329. The van der Waals surface area contributed by atoms with Gasteiger partial charge in [0.1, 0.15) is 0 Å². The van der Waals surface area contributed by atoms with Gasteiger partial charge in [-0.25, -0.2) is 0 Å². The lowest BCUT2D eigenvalue weighted by Gasteiger charge is -2.40. The van der Waals surface area contributed by atoms with Crippen molar-refractivity contribution in [2.45, 2.75) is 147 Å². The summed E-state index contributed by atoms with van der Waals surface area (Å²) in [6.07, 6.45) is 0.883. The van der Waals surface area contributed by atoms with E-state index < -0.39 is 17.4 Å². The second kappa shape index (κ2) is 15.5. The Balaban J connectivity index is 0. The maximum atomic E-state index is 12.8. The number of ether oxygens (including phenoxy) is 2. The molecule has 0 aliphatic rings. The summed E-state index contributed by atoms with van der Waals surface area (Å²) >= 11 is 0. The van der Waals surface area contributed by atoms with Crippen LogP contribution >= 0.6 is 0 Å². The molecule has 0 rings (SSSR count). The first-order valence-corrected chi connectivity index (χ1v) is 14.4. The Hall–Kier alpha value is -1.14. The van der Waals surface area contributed by atoms with Crippen molar-refractivity contribution in [2.75, 3.05) is 13.2 Å². The minimum absolute atomic E-state index is 0.0442. The van der Waals surface area contributed by atoms with Gasteiger partial charge in [-0.3, -0.25) is 9.59 Å². The molecular weight excluding hydrogens is 464 g/mol.